The molecule has 1 saturated heterocycles. The van der Waals surface area contributed by atoms with Crippen LogP contribution in [0, 0.1) is 10.1 Å². The normalized spacial score (nSPS) is 18.7. The minimum Gasteiger partial charge on any atom is -0.394 e. The van der Waals surface area contributed by atoms with Crippen molar-refractivity contribution in [2.45, 2.75) is 57.5 Å². The van der Waals surface area contributed by atoms with Crippen molar-refractivity contribution in [2.75, 3.05) is 6.61 Å². The number of ether oxygens (including phenoxy) is 2. The van der Waals surface area contributed by atoms with Gasteiger partial charge in [0.1, 0.15) is 6.23 Å². The maximum absolute atomic E-state index is 12.4. The quantitative estimate of drug-likeness (QED) is 0.334. The zero-order chi connectivity index (χ0) is 26.6. The summed E-state index contributed by atoms with van der Waals surface area (Å²) in [6, 6.07) is 3.61. The van der Waals surface area contributed by atoms with Crippen molar-refractivity contribution >= 4 is 11.6 Å². The Morgan fingerprint density at radius 2 is 2.11 bits per heavy atom. The monoisotopic (exact) mass is 516 g/mol. The van der Waals surface area contributed by atoms with Gasteiger partial charge in [0.25, 0.3) is 11.2 Å². The minimum absolute atomic E-state index is 0.0478. The fourth-order valence-corrected chi connectivity index (χ4v) is 3.66. The third-order valence-corrected chi connectivity index (χ3v) is 5.57. The van der Waals surface area contributed by atoms with Gasteiger partial charge in [-0.25, -0.2) is 4.79 Å². The SMILES string of the molecule is CC(OCc1cn([C@H]2CC[C@@H](CO)O2)c(=O)[nH]c1=O)c1ccc(CNC(=O)C(F)(F)F)cc1[N+](=O)[O-]. The summed E-state index contributed by atoms with van der Waals surface area (Å²) in [4.78, 5) is 48.4. The van der Waals surface area contributed by atoms with E-state index >= 15 is 0 Å². The molecule has 12 nitrogen and oxygen atoms in total. The summed E-state index contributed by atoms with van der Waals surface area (Å²) in [5.41, 5.74) is -1.67. The summed E-state index contributed by atoms with van der Waals surface area (Å²) in [7, 11) is 0. The molecule has 2 heterocycles. The fraction of sp³-hybridized carbons (Fsp3) is 0.476. The molecule has 2 aromatic rings. The van der Waals surface area contributed by atoms with E-state index in [1.807, 2.05) is 0 Å². The minimum atomic E-state index is -5.08. The third-order valence-electron chi connectivity index (χ3n) is 5.57. The molecule has 0 spiro atoms. The van der Waals surface area contributed by atoms with Crippen molar-refractivity contribution in [1.82, 2.24) is 14.9 Å². The number of aliphatic hydroxyl groups excluding tert-OH is 1. The highest BCUT2D eigenvalue weighted by atomic mass is 19.4. The molecule has 3 N–H and O–H groups in total. The van der Waals surface area contributed by atoms with Crippen molar-refractivity contribution < 1.29 is 37.5 Å². The second-order valence-electron chi connectivity index (χ2n) is 8.08. The summed E-state index contributed by atoms with van der Waals surface area (Å²) in [6.45, 7) is 0.359. The highest BCUT2D eigenvalue weighted by molar-refractivity contribution is 5.81. The van der Waals surface area contributed by atoms with Crippen LogP contribution in [-0.4, -0.2) is 44.4 Å². The molecule has 196 valence electrons. The average molecular weight is 516 g/mol. The Morgan fingerprint density at radius 1 is 1.39 bits per heavy atom. The van der Waals surface area contributed by atoms with Crippen LogP contribution in [0.3, 0.4) is 0 Å². The van der Waals surface area contributed by atoms with Gasteiger partial charge in [-0.1, -0.05) is 6.07 Å². The smallest absolute Gasteiger partial charge is 0.394 e. The molecule has 1 amide bonds. The number of amides is 1. The van der Waals surface area contributed by atoms with Crippen LogP contribution in [-0.2, 0) is 27.4 Å². The number of alkyl halides is 3. The molecule has 1 aliphatic heterocycles. The van der Waals surface area contributed by atoms with E-state index in [1.165, 1.54) is 29.8 Å². The number of nitrogens with one attached hydrogen (secondary N) is 2. The molecule has 1 fully saturated rings. The number of aliphatic hydroxyl groups is 1. The first kappa shape index (κ1) is 27.0. The van der Waals surface area contributed by atoms with Crippen LogP contribution < -0.4 is 16.6 Å². The maximum atomic E-state index is 12.4. The van der Waals surface area contributed by atoms with Gasteiger partial charge in [-0.2, -0.15) is 13.2 Å². The third kappa shape index (κ3) is 6.35. The summed E-state index contributed by atoms with van der Waals surface area (Å²) in [6.07, 6.45) is -4.90. The Morgan fingerprint density at radius 3 is 2.72 bits per heavy atom. The molecule has 1 unspecified atom stereocenters. The highest BCUT2D eigenvalue weighted by Crippen LogP contribution is 2.30. The zero-order valence-corrected chi connectivity index (χ0v) is 18.9. The van der Waals surface area contributed by atoms with Crippen LogP contribution in [0.4, 0.5) is 18.9 Å². The number of aromatic nitrogens is 2. The number of carbonyl (C=O) groups excluding carboxylic acids is 1. The molecule has 1 aromatic carbocycles. The lowest BCUT2D eigenvalue weighted by Crippen LogP contribution is -2.36. The number of rotatable bonds is 9. The summed E-state index contributed by atoms with van der Waals surface area (Å²) in [5.74, 6) is -2.17. The lowest BCUT2D eigenvalue weighted by molar-refractivity contribution is -0.386. The van der Waals surface area contributed by atoms with Crippen LogP contribution in [0.1, 0.15) is 48.8 Å². The van der Waals surface area contributed by atoms with Gasteiger partial charge < -0.3 is 19.9 Å². The van der Waals surface area contributed by atoms with E-state index in [0.717, 1.165) is 6.07 Å². The van der Waals surface area contributed by atoms with Crippen LogP contribution >= 0.6 is 0 Å². The maximum Gasteiger partial charge on any atom is 0.471 e. The van der Waals surface area contributed by atoms with Crippen LogP contribution in [0.15, 0.2) is 34.0 Å². The average Bonchev–Trinajstić information content (AvgIpc) is 3.30. The van der Waals surface area contributed by atoms with Gasteiger partial charge in [-0.15, -0.1) is 0 Å². The van der Waals surface area contributed by atoms with Gasteiger partial charge in [-0.3, -0.25) is 29.3 Å². The molecule has 15 heteroatoms. The van der Waals surface area contributed by atoms with E-state index in [0.29, 0.717) is 12.8 Å². The summed E-state index contributed by atoms with van der Waals surface area (Å²) >= 11 is 0. The van der Waals surface area contributed by atoms with Gasteiger partial charge in [0.15, 0.2) is 0 Å². The first-order valence-electron chi connectivity index (χ1n) is 10.7. The van der Waals surface area contributed by atoms with Crippen molar-refractivity contribution in [1.29, 1.82) is 0 Å². The largest absolute Gasteiger partial charge is 0.471 e. The van der Waals surface area contributed by atoms with E-state index < -0.39 is 58.9 Å². The molecule has 36 heavy (non-hydrogen) atoms. The van der Waals surface area contributed by atoms with E-state index in [1.54, 1.807) is 5.32 Å². The van der Waals surface area contributed by atoms with Crippen LogP contribution in [0.5, 0.6) is 0 Å². The van der Waals surface area contributed by atoms with Crippen molar-refractivity contribution in [3.8, 4) is 0 Å². The van der Waals surface area contributed by atoms with Gasteiger partial charge in [0, 0.05) is 18.8 Å². The van der Waals surface area contributed by atoms with Crippen LogP contribution in [0.2, 0.25) is 0 Å². The molecule has 0 saturated carbocycles. The number of benzene rings is 1. The Labute approximate surface area is 200 Å². The first-order chi connectivity index (χ1) is 16.9. The topological polar surface area (TPSA) is 166 Å². The number of nitro groups is 1. The Balaban J connectivity index is 1.74. The summed E-state index contributed by atoms with van der Waals surface area (Å²) in [5, 5.41) is 22.4. The van der Waals surface area contributed by atoms with Crippen LogP contribution in [0.25, 0.3) is 0 Å². The highest BCUT2D eigenvalue weighted by Gasteiger charge is 2.38. The number of halogens is 3. The first-order valence-corrected chi connectivity index (χ1v) is 10.7. The molecule has 3 rings (SSSR count). The number of hydrogen-bond acceptors (Lipinski definition) is 8. The molecule has 0 radical (unpaired) electrons. The molecule has 3 atom stereocenters. The van der Waals surface area contributed by atoms with Gasteiger partial charge >= 0.3 is 17.8 Å². The van der Waals surface area contributed by atoms with Gasteiger partial charge in [-0.05, 0) is 31.4 Å². The number of nitro benzene ring substituents is 1. The second-order valence-corrected chi connectivity index (χ2v) is 8.08. The van der Waals surface area contributed by atoms with Gasteiger partial charge in [0.2, 0.25) is 0 Å². The summed E-state index contributed by atoms with van der Waals surface area (Å²) < 4.78 is 49.4. The molecular formula is C21H23F3N4O8. The predicted molar refractivity (Wildman–Crippen MR) is 116 cm³/mol. The number of hydrogen-bond donors (Lipinski definition) is 3. The van der Waals surface area contributed by atoms with Gasteiger partial charge in [0.05, 0.1) is 41.5 Å². The van der Waals surface area contributed by atoms with E-state index in [9.17, 15) is 42.8 Å². The van der Waals surface area contributed by atoms with E-state index in [-0.39, 0.29) is 29.9 Å². The fourth-order valence-electron chi connectivity index (χ4n) is 3.66. The predicted octanol–water partition coefficient (Wildman–Crippen LogP) is 1.57. The second kappa shape index (κ2) is 11.0. The van der Waals surface area contributed by atoms with E-state index in [2.05, 4.69) is 4.98 Å². The van der Waals surface area contributed by atoms with E-state index in [4.69, 9.17) is 9.47 Å². The standard InChI is InChI=1S/C21H23F3N4O8/c1-11(15-4-2-12(6-16(15)28(33)34)7-25-19(31)21(22,23)24)35-10-13-8-27(20(32)26-18(13)30)17-5-3-14(9-29)36-17/h2,4,6,8,11,14,17,29H,3,5,7,9-10H2,1H3,(H,25,31)(H,26,30,32)/t11?,14-,17+/m0/s1. The number of nitrogens with zero attached hydrogens (tertiary/aromatic N) is 2. The lowest BCUT2D eigenvalue weighted by Gasteiger charge is -2.17. The van der Waals surface area contributed by atoms with Crippen molar-refractivity contribution in [3.63, 3.8) is 0 Å². The number of carbonyl (C=O) groups is 1. The zero-order valence-electron chi connectivity index (χ0n) is 18.9. The Kier molecular flexibility index (Phi) is 8.27. The number of aromatic amines is 1. The molecule has 0 bridgehead atoms. The molecule has 0 aliphatic carbocycles. The Hall–Kier alpha value is -3.56. The molecular weight excluding hydrogens is 493 g/mol. The van der Waals surface area contributed by atoms with Crippen molar-refractivity contribution in [2.24, 2.45) is 0 Å². The number of H-pyrrole nitrogens is 1. The molecule has 1 aliphatic rings. The molecule has 1 aromatic heterocycles. The lowest BCUT2D eigenvalue weighted by atomic mass is 10.0. The van der Waals surface area contributed by atoms with Crippen molar-refractivity contribution in [3.05, 3.63) is 72.0 Å². The Bertz CT molecular complexity index is 1240.